The van der Waals surface area contributed by atoms with Gasteiger partial charge in [-0.25, -0.2) is 9.97 Å². The molecule has 5 nitrogen and oxygen atoms in total. The standard InChI is InChI=1S/C14H22N4O/c1-3-6-15-13-9-16-12(8-17-13)14(19)18-10(2)7-11-4-5-11/h8-11H,3-7H2,1-2H3,(H,15,17)(H,18,19). The molecular weight excluding hydrogens is 240 g/mol. The van der Waals surface area contributed by atoms with Gasteiger partial charge in [0.05, 0.1) is 12.4 Å². The molecule has 2 N–H and O–H groups in total. The number of hydrogen-bond donors (Lipinski definition) is 2. The molecule has 0 bridgehead atoms. The summed E-state index contributed by atoms with van der Waals surface area (Å²) >= 11 is 0. The summed E-state index contributed by atoms with van der Waals surface area (Å²) in [5.74, 6) is 1.38. The average molecular weight is 262 g/mol. The molecule has 0 spiro atoms. The van der Waals surface area contributed by atoms with Gasteiger partial charge in [-0.05, 0) is 25.7 Å². The van der Waals surface area contributed by atoms with Crippen LogP contribution in [-0.4, -0.2) is 28.5 Å². The van der Waals surface area contributed by atoms with Gasteiger partial charge in [0.2, 0.25) is 0 Å². The highest BCUT2D eigenvalue weighted by molar-refractivity contribution is 5.92. The maximum atomic E-state index is 11.9. The van der Waals surface area contributed by atoms with E-state index in [0.29, 0.717) is 11.5 Å². The van der Waals surface area contributed by atoms with Crippen molar-refractivity contribution in [1.29, 1.82) is 0 Å². The largest absolute Gasteiger partial charge is 0.369 e. The predicted octanol–water partition coefficient (Wildman–Crippen LogP) is 2.22. The van der Waals surface area contributed by atoms with E-state index in [1.807, 2.05) is 6.92 Å². The number of anilines is 1. The van der Waals surface area contributed by atoms with Crippen molar-refractivity contribution in [1.82, 2.24) is 15.3 Å². The summed E-state index contributed by atoms with van der Waals surface area (Å²) in [6, 6.07) is 0.208. The monoisotopic (exact) mass is 262 g/mol. The zero-order chi connectivity index (χ0) is 13.7. The quantitative estimate of drug-likeness (QED) is 0.790. The molecule has 1 saturated carbocycles. The van der Waals surface area contributed by atoms with Crippen LogP contribution >= 0.6 is 0 Å². The Morgan fingerprint density at radius 2 is 2.21 bits per heavy atom. The van der Waals surface area contributed by atoms with Gasteiger partial charge in [0.1, 0.15) is 11.5 Å². The molecule has 1 amide bonds. The van der Waals surface area contributed by atoms with E-state index in [4.69, 9.17) is 0 Å². The van der Waals surface area contributed by atoms with Crippen LogP contribution < -0.4 is 10.6 Å². The van der Waals surface area contributed by atoms with Crippen molar-refractivity contribution in [2.45, 2.75) is 45.6 Å². The molecule has 0 radical (unpaired) electrons. The zero-order valence-corrected chi connectivity index (χ0v) is 11.6. The first-order valence-corrected chi connectivity index (χ1v) is 7.05. The van der Waals surface area contributed by atoms with Gasteiger partial charge in [0.25, 0.3) is 5.91 Å². The summed E-state index contributed by atoms with van der Waals surface area (Å²) in [7, 11) is 0. The smallest absolute Gasteiger partial charge is 0.271 e. The van der Waals surface area contributed by atoms with E-state index in [0.717, 1.165) is 25.3 Å². The molecule has 19 heavy (non-hydrogen) atoms. The van der Waals surface area contributed by atoms with E-state index in [2.05, 4.69) is 27.5 Å². The summed E-state index contributed by atoms with van der Waals surface area (Å²) in [6.45, 7) is 4.99. The summed E-state index contributed by atoms with van der Waals surface area (Å²) in [4.78, 5) is 20.3. The molecule has 1 aromatic heterocycles. The minimum atomic E-state index is -0.136. The Morgan fingerprint density at radius 1 is 1.42 bits per heavy atom. The Bertz CT molecular complexity index is 414. The predicted molar refractivity (Wildman–Crippen MR) is 75.1 cm³/mol. The molecule has 1 heterocycles. The molecule has 1 fully saturated rings. The lowest BCUT2D eigenvalue weighted by Crippen LogP contribution is -2.33. The van der Waals surface area contributed by atoms with Crippen LogP contribution in [0.5, 0.6) is 0 Å². The summed E-state index contributed by atoms with van der Waals surface area (Å²) in [6.07, 6.45) is 7.83. The summed E-state index contributed by atoms with van der Waals surface area (Å²) in [5, 5.41) is 6.10. The molecule has 0 aliphatic heterocycles. The first kappa shape index (κ1) is 13.8. The first-order valence-electron chi connectivity index (χ1n) is 7.05. The Kier molecular flexibility index (Phi) is 4.71. The normalized spacial score (nSPS) is 15.9. The van der Waals surface area contributed by atoms with E-state index in [1.54, 1.807) is 6.20 Å². The molecule has 104 valence electrons. The molecule has 1 atom stereocenters. The lowest BCUT2D eigenvalue weighted by Gasteiger charge is -2.12. The van der Waals surface area contributed by atoms with Crippen LogP contribution in [0.1, 0.15) is 50.0 Å². The lowest BCUT2D eigenvalue weighted by atomic mass is 10.1. The SMILES string of the molecule is CCCNc1cnc(C(=O)NC(C)CC2CC2)cn1. The lowest BCUT2D eigenvalue weighted by molar-refractivity contribution is 0.0932. The fourth-order valence-corrected chi connectivity index (χ4v) is 2.00. The summed E-state index contributed by atoms with van der Waals surface area (Å²) < 4.78 is 0. The van der Waals surface area contributed by atoms with Crippen molar-refractivity contribution in [2.75, 3.05) is 11.9 Å². The first-order chi connectivity index (χ1) is 9.19. The molecule has 1 aliphatic rings. The van der Waals surface area contributed by atoms with Crippen LogP contribution in [0.15, 0.2) is 12.4 Å². The molecule has 0 saturated heterocycles. The number of nitrogens with zero attached hydrogens (tertiary/aromatic N) is 2. The Hall–Kier alpha value is -1.65. The van der Waals surface area contributed by atoms with Crippen LogP contribution in [-0.2, 0) is 0 Å². The molecule has 1 unspecified atom stereocenters. The van der Waals surface area contributed by atoms with Gasteiger partial charge in [0.15, 0.2) is 0 Å². The highest BCUT2D eigenvalue weighted by Gasteiger charge is 2.24. The van der Waals surface area contributed by atoms with E-state index < -0.39 is 0 Å². The average Bonchev–Trinajstić information content (AvgIpc) is 3.20. The van der Waals surface area contributed by atoms with Crippen molar-refractivity contribution in [2.24, 2.45) is 5.92 Å². The zero-order valence-electron chi connectivity index (χ0n) is 11.6. The molecule has 1 aliphatic carbocycles. The van der Waals surface area contributed by atoms with E-state index in [-0.39, 0.29) is 11.9 Å². The Labute approximate surface area is 114 Å². The fraction of sp³-hybridized carbons (Fsp3) is 0.643. The molecular formula is C14H22N4O. The number of rotatable bonds is 7. The highest BCUT2D eigenvalue weighted by Crippen LogP contribution is 2.33. The van der Waals surface area contributed by atoms with Crippen LogP contribution in [0.3, 0.4) is 0 Å². The van der Waals surface area contributed by atoms with Crippen LogP contribution in [0.4, 0.5) is 5.82 Å². The van der Waals surface area contributed by atoms with E-state index >= 15 is 0 Å². The Balaban J connectivity index is 1.83. The van der Waals surface area contributed by atoms with Crippen LogP contribution in [0.25, 0.3) is 0 Å². The van der Waals surface area contributed by atoms with Gasteiger partial charge in [-0.15, -0.1) is 0 Å². The van der Waals surface area contributed by atoms with Crippen molar-refractivity contribution >= 4 is 11.7 Å². The van der Waals surface area contributed by atoms with Gasteiger partial charge in [-0.1, -0.05) is 19.8 Å². The third-order valence-electron chi connectivity index (χ3n) is 3.20. The second-order valence-corrected chi connectivity index (χ2v) is 5.27. The number of hydrogen-bond acceptors (Lipinski definition) is 4. The maximum Gasteiger partial charge on any atom is 0.271 e. The van der Waals surface area contributed by atoms with Gasteiger partial charge < -0.3 is 10.6 Å². The van der Waals surface area contributed by atoms with Gasteiger partial charge >= 0.3 is 0 Å². The number of amides is 1. The van der Waals surface area contributed by atoms with Crippen molar-refractivity contribution in [3.8, 4) is 0 Å². The van der Waals surface area contributed by atoms with Crippen LogP contribution in [0.2, 0.25) is 0 Å². The number of carbonyl (C=O) groups excluding carboxylic acids is 1. The van der Waals surface area contributed by atoms with Crippen molar-refractivity contribution in [3.05, 3.63) is 18.1 Å². The van der Waals surface area contributed by atoms with E-state index in [9.17, 15) is 4.79 Å². The number of aromatic nitrogens is 2. The molecule has 0 aromatic carbocycles. The van der Waals surface area contributed by atoms with Gasteiger partial charge in [-0.2, -0.15) is 0 Å². The molecule has 5 heteroatoms. The van der Waals surface area contributed by atoms with Crippen molar-refractivity contribution < 1.29 is 4.79 Å². The van der Waals surface area contributed by atoms with Crippen LogP contribution in [0, 0.1) is 5.92 Å². The fourth-order valence-electron chi connectivity index (χ4n) is 2.00. The number of carbonyl (C=O) groups is 1. The maximum absolute atomic E-state index is 11.9. The summed E-state index contributed by atoms with van der Waals surface area (Å²) in [5.41, 5.74) is 0.379. The van der Waals surface area contributed by atoms with E-state index in [1.165, 1.54) is 19.0 Å². The highest BCUT2D eigenvalue weighted by atomic mass is 16.1. The third-order valence-corrected chi connectivity index (χ3v) is 3.20. The minimum absolute atomic E-state index is 0.136. The number of nitrogens with one attached hydrogen (secondary N) is 2. The van der Waals surface area contributed by atoms with Crippen molar-refractivity contribution in [3.63, 3.8) is 0 Å². The molecule has 1 aromatic rings. The third kappa shape index (κ3) is 4.50. The van der Waals surface area contributed by atoms with Gasteiger partial charge in [-0.3, -0.25) is 4.79 Å². The van der Waals surface area contributed by atoms with Gasteiger partial charge in [0, 0.05) is 12.6 Å². The topological polar surface area (TPSA) is 66.9 Å². The minimum Gasteiger partial charge on any atom is -0.369 e. The molecule has 2 rings (SSSR count). The Morgan fingerprint density at radius 3 is 2.79 bits per heavy atom. The second kappa shape index (κ2) is 6.50. The second-order valence-electron chi connectivity index (χ2n) is 5.27.